The van der Waals surface area contributed by atoms with Crippen molar-refractivity contribution in [3.63, 3.8) is 0 Å². The van der Waals surface area contributed by atoms with E-state index in [0.717, 1.165) is 7.11 Å². The van der Waals surface area contributed by atoms with E-state index in [4.69, 9.17) is 5.26 Å². The Morgan fingerprint density at radius 1 is 1.40 bits per heavy atom. The van der Waals surface area contributed by atoms with Crippen molar-refractivity contribution in [1.82, 2.24) is 0 Å². The maximum atomic E-state index is 12.7. The minimum Gasteiger partial charge on any atom is -0.465 e. The molecule has 9 heteroatoms. The average Bonchev–Trinajstić information content (AvgIpc) is 2.35. The fourth-order valence-corrected chi connectivity index (χ4v) is 2.04. The largest absolute Gasteiger partial charge is 0.465 e. The van der Waals surface area contributed by atoms with Crippen molar-refractivity contribution in [2.24, 2.45) is 0 Å². The van der Waals surface area contributed by atoms with Gasteiger partial charge in [0.25, 0.3) is 6.43 Å². The molecule has 20 heavy (non-hydrogen) atoms. The number of methoxy groups -OCH3 is 1. The molecule has 1 aromatic carbocycles. The summed E-state index contributed by atoms with van der Waals surface area (Å²) in [6.45, 7) is 0. The summed E-state index contributed by atoms with van der Waals surface area (Å²) in [7, 11) is 0.959. The first-order valence-electron chi connectivity index (χ1n) is 4.90. The van der Waals surface area contributed by atoms with E-state index in [0.29, 0.717) is 12.1 Å². The van der Waals surface area contributed by atoms with Gasteiger partial charge in [-0.3, -0.25) is 0 Å². The van der Waals surface area contributed by atoms with Gasteiger partial charge < -0.3 is 4.74 Å². The van der Waals surface area contributed by atoms with E-state index in [-0.39, 0.29) is 0 Å². The van der Waals surface area contributed by atoms with E-state index < -0.39 is 51.3 Å². The molecule has 3 nitrogen and oxygen atoms in total. The molecule has 0 fully saturated rings. The molecule has 0 heterocycles. The molecule has 0 saturated heterocycles. The fraction of sp³-hybridized carbons (Fsp3) is 0.273. The average molecular weight is 311 g/mol. The molecule has 0 aliphatic rings. The van der Waals surface area contributed by atoms with E-state index in [1.807, 2.05) is 0 Å². The van der Waals surface area contributed by atoms with Crippen LogP contribution in [0.15, 0.2) is 17.0 Å². The van der Waals surface area contributed by atoms with Gasteiger partial charge in [-0.1, -0.05) is 0 Å². The highest BCUT2D eigenvalue weighted by atomic mass is 32.2. The number of hydrogen-bond acceptors (Lipinski definition) is 4. The lowest BCUT2D eigenvalue weighted by molar-refractivity contribution is -0.0329. The summed E-state index contributed by atoms with van der Waals surface area (Å²) in [5.41, 5.74) is -6.73. The number of carbonyl (C=O) groups is 1. The van der Waals surface area contributed by atoms with Gasteiger partial charge in [-0.2, -0.15) is 18.4 Å². The topological polar surface area (TPSA) is 50.1 Å². The highest BCUT2D eigenvalue weighted by molar-refractivity contribution is 8.00. The van der Waals surface area contributed by atoms with E-state index in [1.54, 1.807) is 0 Å². The minimum atomic E-state index is -4.80. The lowest BCUT2D eigenvalue weighted by atomic mass is 10.0. The number of ether oxygens (including phenoxy) is 1. The van der Waals surface area contributed by atoms with Gasteiger partial charge in [-0.05, 0) is 23.9 Å². The van der Waals surface area contributed by atoms with Gasteiger partial charge in [0.05, 0.1) is 18.2 Å². The van der Waals surface area contributed by atoms with E-state index in [9.17, 15) is 26.7 Å². The molecule has 0 radical (unpaired) electrons. The van der Waals surface area contributed by atoms with Gasteiger partial charge in [-0.15, -0.1) is 0 Å². The van der Waals surface area contributed by atoms with Crippen molar-refractivity contribution < 1.29 is 31.5 Å². The second kappa shape index (κ2) is 6.09. The zero-order valence-corrected chi connectivity index (χ0v) is 10.6. The Hall–Kier alpha value is -1.82. The molecule has 0 N–H and O–H groups in total. The number of esters is 1. The fourth-order valence-electron chi connectivity index (χ4n) is 1.35. The van der Waals surface area contributed by atoms with Crippen molar-refractivity contribution in [2.75, 3.05) is 7.11 Å². The summed E-state index contributed by atoms with van der Waals surface area (Å²) in [5.74, 6) is -1.08. The molecule has 0 aliphatic heterocycles. The number of carbonyl (C=O) groups excluding carboxylic acids is 1. The van der Waals surface area contributed by atoms with Gasteiger partial charge in [0.2, 0.25) is 0 Å². The predicted molar refractivity (Wildman–Crippen MR) is 59.4 cm³/mol. The van der Waals surface area contributed by atoms with Crippen LogP contribution in [0.3, 0.4) is 0 Å². The second-order valence-electron chi connectivity index (χ2n) is 3.39. The summed E-state index contributed by atoms with van der Waals surface area (Å²) in [6.07, 6.45) is -3.21. The Morgan fingerprint density at radius 2 is 2.00 bits per heavy atom. The first kappa shape index (κ1) is 16.2. The number of nitriles is 1. The summed E-state index contributed by atoms with van der Waals surface area (Å²) in [5, 5.41) is 8.76. The van der Waals surface area contributed by atoms with Gasteiger partial charge >= 0.3 is 11.5 Å². The zero-order chi connectivity index (χ0) is 15.5. The van der Waals surface area contributed by atoms with Crippen molar-refractivity contribution in [3.05, 3.63) is 28.8 Å². The molecular weight excluding hydrogens is 305 g/mol. The van der Waals surface area contributed by atoms with Crippen molar-refractivity contribution in [2.45, 2.75) is 16.8 Å². The second-order valence-corrected chi connectivity index (χ2v) is 4.49. The molecule has 1 aromatic rings. The lowest BCUT2D eigenvalue weighted by Gasteiger charge is -2.13. The summed E-state index contributed by atoms with van der Waals surface area (Å²) < 4.78 is 66.7. The Balaban J connectivity index is 3.47. The molecule has 108 valence electrons. The predicted octanol–water partition coefficient (Wildman–Crippen LogP) is 3.89. The van der Waals surface area contributed by atoms with Crippen molar-refractivity contribution >= 4 is 17.7 Å². The van der Waals surface area contributed by atoms with E-state index in [2.05, 4.69) is 4.74 Å². The van der Waals surface area contributed by atoms with Crippen LogP contribution < -0.4 is 0 Å². The first-order valence-corrected chi connectivity index (χ1v) is 5.71. The summed E-state index contributed by atoms with van der Waals surface area (Å²) >= 11 is -0.780. The van der Waals surface area contributed by atoms with Crippen LogP contribution in [0, 0.1) is 11.3 Å². The molecule has 0 aromatic heterocycles. The molecule has 1 rings (SSSR count). The molecule has 0 saturated carbocycles. The quantitative estimate of drug-likeness (QED) is 0.483. The number of nitrogens with zero attached hydrogens (tertiary/aromatic N) is 1. The Morgan fingerprint density at radius 3 is 2.40 bits per heavy atom. The Kier molecular flexibility index (Phi) is 4.94. The normalized spacial score (nSPS) is 11.3. The zero-order valence-electron chi connectivity index (χ0n) is 9.79. The molecular formula is C11H6F5NO2S. The smallest absolute Gasteiger partial charge is 0.446 e. The van der Waals surface area contributed by atoms with Crippen molar-refractivity contribution in [3.8, 4) is 6.07 Å². The Bertz CT molecular complexity index is 565. The van der Waals surface area contributed by atoms with Crippen LogP contribution in [0.25, 0.3) is 0 Å². The number of benzene rings is 1. The van der Waals surface area contributed by atoms with Gasteiger partial charge in [0, 0.05) is 10.5 Å². The number of halogens is 5. The molecule has 0 aliphatic carbocycles. The van der Waals surface area contributed by atoms with Gasteiger partial charge in [0.1, 0.15) is 6.07 Å². The van der Waals surface area contributed by atoms with Crippen molar-refractivity contribution in [1.29, 1.82) is 5.26 Å². The Labute approximate surface area is 114 Å². The van der Waals surface area contributed by atoms with Crippen LogP contribution in [-0.4, -0.2) is 18.6 Å². The van der Waals surface area contributed by atoms with Crippen LogP contribution >= 0.6 is 11.8 Å². The molecule has 0 bridgehead atoms. The first-order chi connectivity index (χ1) is 9.19. The summed E-state index contributed by atoms with van der Waals surface area (Å²) in [4.78, 5) is 10.5. The van der Waals surface area contributed by atoms with Crippen LogP contribution in [0.2, 0.25) is 0 Å². The molecule has 0 spiro atoms. The number of rotatable bonds is 3. The van der Waals surface area contributed by atoms with E-state index in [1.165, 1.54) is 6.07 Å². The third-order valence-electron chi connectivity index (χ3n) is 2.14. The third-order valence-corrected chi connectivity index (χ3v) is 2.94. The number of thioether (sulfide) groups is 1. The number of hydrogen-bond donors (Lipinski definition) is 0. The van der Waals surface area contributed by atoms with Gasteiger partial charge in [0.15, 0.2) is 0 Å². The van der Waals surface area contributed by atoms with Crippen LogP contribution in [0.5, 0.6) is 0 Å². The maximum absolute atomic E-state index is 12.7. The third kappa shape index (κ3) is 3.84. The number of alkyl halides is 5. The van der Waals surface area contributed by atoms with Crippen LogP contribution in [0.4, 0.5) is 22.0 Å². The summed E-state index contributed by atoms with van der Waals surface area (Å²) in [6, 6.07) is 2.62. The molecule has 0 atom stereocenters. The van der Waals surface area contributed by atoms with Gasteiger partial charge in [-0.25, -0.2) is 13.6 Å². The molecule has 0 amide bonds. The van der Waals surface area contributed by atoms with E-state index >= 15 is 0 Å². The monoisotopic (exact) mass is 311 g/mol. The maximum Gasteiger partial charge on any atom is 0.446 e. The molecule has 0 unspecified atom stereocenters. The SMILES string of the molecule is COC(=O)c1cc(SC(F)(F)F)c(C(F)F)cc1C#N. The lowest BCUT2D eigenvalue weighted by Crippen LogP contribution is -2.08. The standard InChI is InChI=1S/C11H6F5NO2S/c1-19-10(18)6-3-8(20-11(14,15)16)7(9(12)13)2-5(6)4-17/h2-3,9H,1H3. The highest BCUT2D eigenvalue weighted by Gasteiger charge is 2.33. The van der Waals surface area contributed by atoms with Crippen LogP contribution in [-0.2, 0) is 4.74 Å². The highest BCUT2D eigenvalue weighted by Crippen LogP contribution is 2.42. The minimum absolute atomic E-state index is 0.473. The van der Waals surface area contributed by atoms with Crippen LogP contribution in [0.1, 0.15) is 27.9 Å².